The molecule has 1 aromatic rings. The van der Waals surface area contributed by atoms with E-state index < -0.39 is 6.04 Å². The average molecular weight is 199 g/mol. The van der Waals surface area contributed by atoms with Gasteiger partial charge in [-0.05, 0) is 19.9 Å². The number of hydrogen-bond acceptors (Lipinski definition) is 3. The van der Waals surface area contributed by atoms with Crippen molar-refractivity contribution >= 4 is 0 Å². The second-order valence-corrected chi connectivity index (χ2v) is 3.58. The lowest BCUT2D eigenvalue weighted by Crippen LogP contribution is -2.27. The maximum Gasteiger partial charge on any atom is 0.122 e. The van der Waals surface area contributed by atoms with Gasteiger partial charge in [-0.3, -0.25) is 5.32 Å². The van der Waals surface area contributed by atoms with Crippen LogP contribution in [0, 0.1) is 22.7 Å². The number of nitrogens with one attached hydrogen (secondary N) is 1. The Labute approximate surface area is 90.0 Å². The van der Waals surface area contributed by atoms with Crippen LogP contribution >= 0.6 is 0 Å². The van der Waals surface area contributed by atoms with Crippen molar-refractivity contribution in [3.05, 3.63) is 35.4 Å². The molecule has 0 radical (unpaired) electrons. The van der Waals surface area contributed by atoms with Crippen LogP contribution in [0.1, 0.15) is 31.0 Å². The Morgan fingerprint density at radius 2 is 1.87 bits per heavy atom. The zero-order valence-electron chi connectivity index (χ0n) is 8.86. The molecule has 0 aliphatic carbocycles. The maximum absolute atomic E-state index is 9.03. The molecule has 0 aliphatic heterocycles. The second-order valence-electron chi connectivity index (χ2n) is 3.58. The summed E-state index contributed by atoms with van der Waals surface area (Å²) in [6, 6.07) is 11.2. The van der Waals surface area contributed by atoms with Crippen LogP contribution in [0.5, 0.6) is 0 Å². The molecule has 0 saturated carbocycles. The van der Waals surface area contributed by atoms with Crippen molar-refractivity contribution in [1.29, 1.82) is 10.5 Å². The Balaban J connectivity index is 3.03. The Hall–Kier alpha value is -1.84. The summed E-state index contributed by atoms with van der Waals surface area (Å²) in [5.74, 6) is 0. The van der Waals surface area contributed by atoms with Gasteiger partial charge in [-0.25, -0.2) is 0 Å². The van der Waals surface area contributed by atoms with E-state index in [1.54, 1.807) is 12.1 Å². The molecule has 0 aromatic heterocycles. The van der Waals surface area contributed by atoms with E-state index in [0.717, 1.165) is 5.56 Å². The quantitative estimate of drug-likeness (QED) is 0.811. The van der Waals surface area contributed by atoms with Crippen LogP contribution in [-0.2, 0) is 0 Å². The van der Waals surface area contributed by atoms with Crippen LogP contribution in [0.25, 0.3) is 0 Å². The zero-order chi connectivity index (χ0) is 11.3. The third-order valence-electron chi connectivity index (χ3n) is 2.02. The first-order valence-corrected chi connectivity index (χ1v) is 4.83. The van der Waals surface area contributed by atoms with Gasteiger partial charge < -0.3 is 0 Å². The molecule has 1 rings (SSSR count). The fraction of sp³-hybridized carbons (Fsp3) is 0.333. The number of rotatable bonds is 3. The fourth-order valence-electron chi connectivity index (χ4n) is 1.38. The van der Waals surface area contributed by atoms with Gasteiger partial charge in [-0.1, -0.05) is 18.2 Å². The van der Waals surface area contributed by atoms with Crippen molar-refractivity contribution in [2.75, 3.05) is 0 Å². The third-order valence-corrected chi connectivity index (χ3v) is 2.02. The number of nitrogens with zero attached hydrogens (tertiary/aromatic N) is 2. The Kier molecular flexibility index (Phi) is 3.85. The summed E-state index contributed by atoms with van der Waals surface area (Å²) in [4.78, 5) is 0. The molecule has 0 heterocycles. The van der Waals surface area contributed by atoms with E-state index in [1.807, 2.05) is 26.0 Å². The second kappa shape index (κ2) is 5.14. The summed E-state index contributed by atoms with van der Waals surface area (Å²) in [6.07, 6.45) is 0. The van der Waals surface area contributed by atoms with Crippen LogP contribution in [0.15, 0.2) is 24.3 Å². The van der Waals surface area contributed by atoms with Crippen molar-refractivity contribution < 1.29 is 0 Å². The van der Waals surface area contributed by atoms with Gasteiger partial charge in [0.15, 0.2) is 0 Å². The maximum atomic E-state index is 9.03. The average Bonchev–Trinajstić information content (AvgIpc) is 2.25. The predicted molar refractivity (Wildman–Crippen MR) is 57.8 cm³/mol. The molecule has 1 unspecified atom stereocenters. The topological polar surface area (TPSA) is 59.6 Å². The highest BCUT2D eigenvalue weighted by Crippen LogP contribution is 2.17. The summed E-state index contributed by atoms with van der Waals surface area (Å²) in [5, 5.41) is 21.0. The van der Waals surface area contributed by atoms with Gasteiger partial charge >= 0.3 is 0 Å². The highest BCUT2D eigenvalue weighted by atomic mass is 14.9. The van der Waals surface area contributed by atoms with Crippen LogP contribution in [-0.4, -0.2) is 6.04 Å². The van der Waals surface area contributed by atoms with Crippen molar-refractivity contribution in [2.45, 2.75) is 25.9 Å². The molecule has 3 heteroatoms. The Morgan fingerprint density at radius 1 is 1.20 bits per heavy atom. The van der Waals surface area contributed by atoms with Crippen molar-refractivity contribution in [2.24, 2.45) is 0 Å². The minimum Gasteiger partial charge on any atom is -0.296 e. The smallest absolute Gasteiger partial charge is 0.122 e. The van der Waals surface area contributed by atoms with Gasteiger partial charge in [0.25, 0.3) is 0 Å². The number of hydrogen-bond donors (Lipinski definition) is 1. The molecule has 0 aliphatic rings. The summed E-state index contributed by atoms with van der Waals surface area (Å²) < 4.78 is 0. The van der Waals surface area contributed by atoms with E-state index in [4.69, 9.17) is 10.5 Å². The molecule has 0 saturated heterocycles. The molecule has 3 nitrogen and oxygen atoms in total. The zero-order valence-corrected chi connectivity index (χ0v) is 8.86. The first-order chi connectivity index (χ1) is 7.19. The van der Waals surface area contributed by atoms with Crippen LogP contribution in [0.4, 0.5) is 0 Å². The third kappa shape index (κ3) is 2.80. The predicted octanol–water partition coefficient (Wildman–Crippen LogP) is 2.12. The SMILES string of the molecule is CC(C)NC(C#N)c1ccccc1C#N. The summed E-state index contributed by atoms with van der Waals surface area (Å²) in [7, 11) is 0. The van der Waals surface area contributed by atoms with Gasteiger partial charge in [-0.15, -0.1) is 0 Å². The molecule has 0 amide bonds. The summed E-state index contributed by atoms with van der Waals surface area (Å²) in [6.45, 7) is 3.94. The first kappa shape index (κ1) is 11.2. The van der Waals surface area contributed by atoms with E-state index in [0.29, 0.717) is 5.56 Å². The lowest BCUT2D eigenvalue weighted by atomic mass is 10.0. The molecule has 15 heavy (non-hydrogen) atoms. The number of nitriles is 2. The van der Waals surface area contributed by atoms with E-state index in [1.165, 1.54) is 0 Å². The van der Waals surface area contributed by atoms with Gasteiger partial charge in [0.2, 0.25) is 0 Å². The van der Waals surface area contributed by atoms with Gasteiger partial charge in [0.05, 0.1) is 17.7 Å². The van der Waals surface area contributed by atoms with Gasteiger partial charge in [-0.2, -0.15) is 10.5 Å². The Bertz CT molecular complexity index is 410. The van der Waals surface area contributed by atoms with Gasteiger partial charge in [0, 0.05) is 11.6 Å². The molecule has 76 valence electrons. The van der Waals surface area contributed by atoms with E-state index in [9.17, 15) is 0 Å². The van der Waals surface area contributed by atoms with Crippen molar-refractivity contribution in [3.63, 3.8) is 0 Å². The molecule has 0 bridgehead atoms. The molecule has 0 spiro atoms. The van der Waals surface area contributed by atoms with Crippen LogP contribution in [0.3, 0.4) is 0 Å². The fourth-order valence-corrected chi connectivity index (χ4v) is 1.38. The molecule has 1 atom stereocenters. The molecule has 1 N–H and O–H groups in total. The summed E-state index contributed by atoms with van der Waals surface area (Å²) in [5.41, 5.74) is 1.30. The van der Waals surface area contributed by atoms with Crippen molar-refractivity contribution in [3.8, 4) is 12.1 Å². The monoisotopic (exact) mass is 199 g/mol. The first-order valence-electron chi connectivity index (χ1n) is 4.83. The van der Waals surface area contributed by atoms with Crippen LogP contribution < -0.4 is 5.32 Å². The minimum atomic E-state index is -0.416. The molecular weight excluding hydrogens is 186 g/mol. The van der Waals surface area contributed by atoms with Crippen molar-refractivity contribution in [1.82, 2.24) is 5.32 Å². The lowest BCUT2D eigenvalue weighted by molar-refractivity contribution is 0.545. The van der Waals surface area contributed by atoms with Crippen LogP contribution in [0.2, 0.25) is 0 Å². The normalized spacial score (nSPS) is 11.8. The lowest BCUT2D eigenvalue weighted by Gasteiger charge is -2.15. The number of benzene rings is 1. The largest absolute Gasteiger partial charge is 0.296 e. The van der Waals surface area contributed by atoms with Gasteiger partial charge in [0.1, 0.15) is 6.04 Å². The highest BCUT2D eigenvalue weighted by molar-refractivity contribution is 5.41. The molecule has 1 aromatic carbocycles. The molecular formula is C12H13N3. The minimum absolute atomic E-state index is 0.210. The Morgan fingerprint density at radius 3 is 2.40 bits per heavy atom. The van der Waals surface area contributed by atoms with E-state index >= 15 is 0 Å². The standard InChI is InChI=1S/C12H13N3/c1-9(2)15-12(8-14)11-6-4-3-5-10(11)7-13/h3-6,9,12,15H,1-2H3. The molecule has 0 fully saturated rings. The van der Waals surface area contributed by atoms with E-state index in [2.05, 4.69) is 17.5 Å². The summed E-state index contributed by atoms with van der Waals surface area (Å²) >= 11 is 0. The highest BCUT2D eigenvalue weighted by Gasteiger charge is 2.14. The van der Waals surface area contributed by atoms with E-state index in [-0.39, 0.29) is 6.04 Å².